The Morgan fingerprint density at radius 3 is 2.69 bits per heavy atom. The molecule has 3 heterocycles. The van der Waals surface area contributed by atoms with Gasteiger partial charge in [0.15, 0.2) is 5.82 Å². The van der Waals surface area contributed by atoms with Gasteiger partial charge < -0.3 is 4.90 Å². The molecule has 1 fully saturated rings. The van der Waals surface area contributed by atoms with Crippen LogP contribution >= 0.6 is 0 Å². The van der Waals surface area contributed by atoms with Crippen molar-refractivity contribution in [2.75, 3.05) is 19.6 Å². The Labute approximate surface area is 154 Å². The van der Waals surface area contributed by atoms with Gasteiger partial charge in [0.25, 0.3) is 0 Å². The van der Waals surface area contributed by atoms with Gasteiger partial charge in [0.2, 0.25) is 0 Å². The molecule has 134 valence electrons. The second-order valence-corrected chi connectivity index (χ2v) is 6.99. The topological polar surface area (TPSA) is 46.8 Å². The van der Waals surface area contributed by atoms with Crippen LogP contribution in [0, 0.1) is 6.92 Å². The van der Waals surface area contributed by atoms with E-state index in [1.807, 2.05) is 30.1 Å². The van der Waals surface area contributed by atoms with E-state index in [1.165, 1.54) is 24.9 Å². The Kier molecular flexibility index (Phi) is 5.07. The van der Waals surface area contributed by atoms with Crippen LogP contribution in [-0.2, 0) is 6.42 Å². The van der Waals surface area contributed by atoms with Crippen LogP contribution in [0.4, 0.5) is 0 Å². The van der Waals surface area contributed by atoms with Crippen molar-refractivity contribution in [2.24, 2.45) is 0 Å². The lowest BCUT2D eigenvalue weighted by Crippen LogP contribution is -2.36. The lowest BCUT2D eigenvalue weighted by molar-refractivity contribution is 0.208. The van der Waals surface area contributed by atoms with Crippen LogP contribution < -0.4 is 0 Å². The molecule has 0 spiro atoms. The van der Waals surface area contributed by atoms with E-state index in [0.29, 0.717) is 5.92 Å². The summed E-state index contributed by atoms with van der Waals surface area (Å²) in [5.74, 6) is 2.30. The number of hydrogen-bond acceptors (Lipinski definition) is 4. The molecule has 2 aromatic heterocycles. The summed E-state index contributed by atoms with van der Waals surface area (Å²) in [5, 5.41) is 0. The van der Waals surface area contributed by atoms with Gasteiger partial charge in [0, 0.05) is 43.8 Å². The van der Waals surface area contributed by atoms with Crippen LogP contribution in [0.1, 0.15) is 35.8 Å². The van der Waals surface area contributed by atoms with E-state index in [2.05, 4.69) is 45.2 Å². The number of rotatable bonds is 5. The summed E-state index contributed by atoms with van der Waals surface area (Å²) in [7, 11) is 0. The zero-order chi connectivity index (χ0) is 17.8. The van der Waals surface area contributed by atoms with Crippen LogP contribution in [0.3, 0.4) is 0 Å². The van der Waals surface area contributed by atoms with E-state index in [9.17, 15) is 0 Å². The highest BCUT2D eigenvalue weighted by atomic mass is 15.2. The molecule has 0 saturated carbocycles. The van der Waals surface area contributed by atoms with Gasteiger partial charge in [-0.05, 0) is 38.3 Å². The number of imidazole rings is 1. The van der Waals surface area contributed by atoms with Gasteiger partial charge >= 0.3 is 0 Å². The van der Waals surface area contributed by atoms with Crippen LogP contribution in [0.2, 0.25) is 0 Å². The average Bonchev–Trinajstić information content (AvgIpc) is 3.13. The number of piperidine rings is 1. The van der Waals surface area contributed by atoms with Crippen molar-refractivity contribution < 1.29 is 0 Å². The molecule has 0 aliphatic carbocycles. The monoisotopic (exact) mass is 347 g/mol. The van der Waals surface area contributed by atoms with Gasteiger partial charge in [-0.1, -0.05) is 30.3 Å². The molecule has 0 amide bonds. The Morgan fingerprint density at radius 1 is 1.04 bits per heavy atom. The third-order valence-electron chi connectivity index (χ3n) is 5.21. The number of benzene rings is 1. The quantitative estimate of drug-likeness (QED) is 0.710. The summed E-state index contributed by atoms with van der Waals surface area (Å²) < 4.78 is 2.05. The number of likely N-dealkylation sites (tertiary alicyclic amines) is 1. The van der Waals surface area contributed by atoms with Crippen LogP contribution in [0.25, 0.3) is 5.82 Å². The molecule has 1 aliphatic rings. The van der Waals surface area contributed by atoms with Crippen LogP contribution in [-0.4, -0.2) is 44.1 Å². The van der Waals surface area contributed by atoms with E-state index in [-0.39, 0.29) is 0 Å². The average molecular weight is 347 g/mol. The molecule has 0 bridgehead atoms. The number of hydrogen-bond donors (Lipinski definition) is 0. The number of aromatic nitrogens is 4. The fourth-order valence-corrected chi connectivity index (χ4v) is 3.83. The van der Waals surface area contributed by atoms with Crippen molar-refractivity contribution >= 4 is 0 Å². The van der Waals surface area contributed by atoms with Crippen molar-refractivity contribution in [3.8, 4) is 5.82 Å². The molecule has 1 saturated heterocycles. The minimum absolute atomic E-state index is 0.421. The molecule has 4 rings (SSSR count). The SMILES string of the molecule is Cc1nccn1-c1nccnc1C1CCCN(CCc2ccccc2)C1. The summed E-state index contributed by atoms with van der Waals surface area (Å²) in [4.78, 5) is 16.2. The molecule has 1 aromatic carbocycles. The van der Waals surface area contributed by atoms with E-state index in [1.54, 1.807) is 6.20 Å². The van der Waals surface area contributed by atoms with E-state index in [0.717, 1.165) is 36.8 Å². The fourth-order valence-electron chi connectivity index (χ4n) is 3.83. The maximum absolute atomic E-state index is 4.71. The summed E-state index contributed by atoms with van der Waals surface area (Å²) in [6, 6.07) is 10.7. The molecule has 1 unspecified atom stereocenters. The highest BCUT2D eigenvalue weighted by molar-refractivity contribution is 5.33. The minimum Gasteiger partial charge on any atom is -0.302 e. The highest BCUT2D eigenvalue weighted by Gasteiger charge is 2.25. The van der Waals surface area contributed by atoms with Gasteiger partial charge in [-0.15, -0.1) is 0 Å². The molecule has 3 aromatic rings. The lowest BCUT2D eigenvalue weighted by atomic mass is 9.94. The highest BCUT2D eigenvalue weighted by Crippen LogP contribution is 2.29. The molecule has 1 aliphatic heterocycles. The second kappa shape index (κ2) is 7.79. The largest absolute Gasteiger partial charge is 0.302 e. The number of aryl methyl sites for hydroxylation is 1. The predicted octanol–water partition coefficient (Wildman–Crippen LogP) is 3.39. The first-order valence-electron chi connectivity index (χ1n) is 9.39. The first-order valence-corrected chi connectivity index (χ1v) is 9.39. The standard InChI is InChI=1S/C21H25N5/c1-17-22-12-15-26(17)21-20(23-10-11-24-21)19-8-5-13-25(16-19)14-9-18-6-3-2-4-7-18/h2-4,6-7,10-12,15,19H,5,8-9,13-14,16H2,1H3. The summed E-state index contributed by atoms with van der Waals surface area (Å²) in [5.41, 5.74) is 2.50. The van der Waals surface area contributed by atoms with Gasteiger partial charge in [-0.2, -0.15) is 0 Å². The molecule has 1 atom stereocenters. The third-order valence-corrected chi connectivity index (χ3v) is 5.21. The zero-order valence-corrected chi connectivity index (χ0v) is 15.3. The first kappa shape index (κ1) is 16.9. The van der Waals surface area contributed by atoms with Crippen molar-refractivity contribution in [3.05, 3.63) is 72.2 Å². The summed E-state index contributed by atoms with van der Waals surface area (Å²) in [6.07, 6.45) is 10.9. The van der Waals surface area contributed by atoms with E-state index >= 15 is 0 Å². The Hall–Kier alpha value is -2.53. The van der Waals surface area contributed by atoms with E-state index < -0.39 is 0 Å². The number of nitrogens with zero attached hydrogens (tertiary/aromatic N) is 5. The fraction of sp³-hybridized carbons (Fsp3) is 0.381. The summed E-state index contributed by atoms with van der Waals surface area (Å²) >= 11 is 0. The Morgan fingerprint density at radius 2 is 1.88 bits per heavy atom. The lowest BCUT2D eigenvalue weighted by Gasteiger charge is -2.33. The molecule has 5 heteroatoms. The second-order valence-electron chi connectivity index (χ2n) is 6.99. The molecule has 26 heavy (non-hydrogen) atoms. The Balaban J connectivity index is 1.49. The maximum atomic E-state index is 4.71. The molecule has 0 N–H and O–H groups in total. The van der Waals surface area contributed by atoms with Gasteiger partial charge in [0.05, 0.1) is 5.69 Å². The molecular formula is C21H25N5. The molecule has 0 radical (unpaired) electrons. The van der Waals surface area contributed by atoms with Crippen molar-refractivity contribution in [3.63, 3.8) is 0 Å². The Bertz CT molecular complexity index is 842. The smallest absolute Gasteiger partial charge is 0.160 e. The van der Waals surface area contributed by atoms with Crippen molar-refractivity contribution in [1.82, 2.24) is 24.4 Å². The minimum atomic E-state index is 0.421. The van der Waals surface area contributed by atoms with Crippen LogP contribution in [0.5, 0.6) is 0 Å². The van der Waals surface area contributed by atoms with Gasteiger partial charge in [-0.3, -0.25) is 9.55 Å². The zero-order valence-electron chi connectivity index (χ0n) is 15.3. The van der Waals surface area contributed by atoms with Gasteiger partial charge in [-0.25, -0.2) is 9.97 Å². The normalized spacial score (nSPS) is 18.1. The first-order chi connectivity index (χ1) is 12.8. The van der Waals surface area contributed by atoms with Gasteiger partial charge in [0.1, 0.15) is 5.82 Å². The molecule has 5 nitrogen and oxygen atoms in total. The van der Waals surface area contributed by atoms with Crippen molar-refractivity contribution in [1.29, 1.82) is 0 Å². The van der Waals surface area contributed by atoms with Crippen molar-refractivity contribution in [2.45, 2.75) is 32.1 Å². The predicted molar refractivity (Wildman–Crippen MR) is 102 cm³/mol. The molecular weight excluding hydrogens is 322 g/mol. The van der Waals surface area contributed by atoms with Crippen LogP contribution in [0.15, 0.2) is 55.1 Å². The third kappa shape index (κ3) is 3.68. The summed E-state index contributed by atoms with van der Waals surface area (Å²) in [6.45, 7) is 5.32. The maximum Gasteiger partial charge on any atom is 0.160 e. The van der Waals surface area contributed by atoms with E-state index in [4.69, 9.17) is 4.98 Å².